The van der Waals surface area contributed by atoms with Gasteiger partial charge in [-0.3, -0.25) is 14.9 Å². The number of nitrogens with zero attached hydrogens (tertiary/aromatic N) is 3. The molecule has 1 N–H and O–H groups in total. The van der Waals surface area contributed by atoms with Gasteiger partial charge in [0.05, 0.1) is 17.2 Å². The number of carbonyl (C=O) groups is 2. The fourth-order valence-corrected chi connectivity index (χ4v) is 3.39. The third-order valence-electron chi connectivity index (χ3n) is 4.73. The maximum Gasteiger partial charge on any atom is 0.331 e. The molecule has 1 heterocycles. The lowest BCUT2D eigenvalue weighted by molar-refractivity contribution is -0.384. The van der Waals surface area contributed by atoms with Crippen molar-refractivity contribution in [3.8, 4) is 0 Å². The summed E-state index contributed by atoms with van der Waals surface area (Å²) in [7, 11) is 0. The third-order valence-corrected chi connectivity index (χ3v) is 5.13. The third kappa shape index (κ3) is 6.05. The molecule has 10 heteroatoms. The van der Waals surface area contributed by atoms with E-state index in [4.69, 9.17) is 16.3 Å². The van der Waals surface area contributed by atoms with E-state index in [1.54, 1.807) is 24.6 Å². The number of ether oxygens (including phenoxy) is 1. The monoisotopic (exact) mass is 468 g/mol. The van der Waals surface area contributed by atoms with Crippen molar-refractivity contribution in [2.75, 3.05) is 11.9 Å². The molecule has 9 nitrogen and oxygen atoms in total. The maximum atomic E-state index is 12.1. The molecule has 0 spiro atoms. The van der Waals surface area contributed by atoms with E-state index in [1.165, 1.54) is 18.2 Å². The Morgan fingerprint density at radius 1 is 1.18 bits per heavy atom. The number of hydrogen-bond acceptors (Lipinski definition) is 6. The van der Waals surface area contributed by atoms with Crippen LogP contribution in [0.5, 0.6) is 0 Å². The predicted octanol–water partition coefficient (Wildman–Crippen LogP) is 4.30. The zero-order chi connectivity index (χ0) is 24.0. The van der Waals surface area contributed by atoms with Crippen LogP contribution in [0.25, 0.3) is 6.08 Å². The highest BCUT2D eigenvalue weighted by molar-refractivity contribution is 6.31. The van der Waals surface area contributed by atoms with E-state index >= 15 is 0 Å². The first-order valence-corrected chi connectivity index (χ1v) is 10.3. The van der Waals surface area contributed by atoms with Gasteiger partial charge in [-0.1, -0.05) is 54.1 Å². The molecule has 0 saturated heterocycles. The Morgan fingerprint density at radius 2 is 1.91 bits per heavy atom. The SMILES string of the molecule is Cc1cccc([N+](=O)[O-])c1NC(=O)COC(=O)/C=C/c1c(C)nn(Cc2ccccc2)c1Cl. The van der Waals surface area contributed by atoms with Crippen molar-refractivity contribution in [3.63, 3.8) is 0 Å². The number of para-hydroxylation sites is 1. The quantitative estimate of drug-likeness (QED) is 0.228. The van der Waals surface area contributed by atoms with E-state index in [2.05, 4.69) is 10.4 Å². The Hall–Kier alpha value is -3.98. The number of carbonyl (C=O) groups excluding carboxylic acids is 2. The number of aryl methyl sites for hydroxylation is 2. The van der Waals surface area contributed by atoms with Crippen molar-refractivity contribution < 1.29 is 19.2 Å². The molecule has 0 unspecified atom stereocenters. The molecule has 33 heavy (non-hydrogen) atoms. The minimum atomic E-state index is -0.768. The normalized spacial score (nSPS) is 10.9. The molecule has 3 aromatic rings. The van der Waals surface area contributed by atoms with Crippen LogP contribution in [-0.4, -0.2) is 33.2 Å². The fourth-order valence-electron chi connectivity index (χ4n) is 3.10. The second-order valence-corrected chi connectivity index (χ2v) is 7.51. The Kier molecular flexibility index (Phi) is 7.57. The highest BCUT2D eigenvalue weighted by Gasteiger charge is 2.18. The lowest BCUT2D eigenvalue weighted by atomic mass is 10.1. The standard InChI is InChI=1S/C23H21ClN4O5/c1-15-7-6-10-19(28(31)32)22(15)25-20(29)14-33-21(30)12-11-18-16(2)26-27(23(18)24)13-17-8-4-3-5-9-17/h3-12H,13-14H2,1-2H3,(H,25,29)/b12-11+. The summed E-state index contributed by atoms with van der Waals surface area (Å²) in [6.07, 6.45) is 2.62. The van der Waals surface area contributed by atoms with Gasteiger partial charge < -0.3 is 10.1 Å². The summed E-state index contributed by atoms with van der Waals surface area (Å²) in [6, 6.07) is 14.1. The van der Waals surface area contributed by atoms with Gasteiger partial charge in [0.1, 0.15) is 10.8 Å². The van der Waals surface area contributed by atoms with Gasteiger partial charge in [0.25, 0.3) is 11.6 Å². The van der Waals surface area contributed by atoms with Crippen molar-refractivity contribution in [2.24, 2.45) is 0 Å². The summed E-state index contributed by atoms with van der Waals surface area (Å²) >= 11 is 6.41. The van der Waals surface area contributed by atoms with Gasteiger partial charge in [-0.15, -0.1) is 0 Å². The second kappa shape index (κ2) is 10.6. The molecular weight excluding hydrogens is 448 g/mol. The first-order valence-electron chi connectivity index (χ1n) is 9.91. The van der Waals surface area contributed by atoms with Gasteiger partial charge in [0, 0.05) is 17.7 Å². The molecule has 0 atom stereocenters. The van der Waals surface area contributed by atoms with Crippen molar-refractivity contribution >= 4 is 40.9 Å². The van der Waals surface area contributed by atoms with Gasteiger partial charge in [-0.2, -0.15) is 5.10 Å². The molecule has 170 valence electrons. The molecule has 1 aromatic heterocycles. The molecule has 0 aliphatic rings. The van der Waals surface area contributed by atoms with Crippen LogP contribution in [0, 0.1) is 24.0 Å². The summed E-state index contributed by atoms with van der Waals surface area (Å²) < 4.78 is 6.57. The Balaban J connectivity index is 1.60. The summed E-state index contributed by atoms with van der Waals surface area (Å²) in [5.74, 6) is -1.46. The molecule has 0 fully saturated rings. The number of anilines is 1. The van der Waals surface area contributed by atoms with Crippen molar-refractivity contribution in [1.29, 1.82) is 0 Å². The minimum Gasteiger partial charge on any atom is -0.452 e. The number of esters is 1. The van der Waals surface area contributed by atoms with E-state index in [0.29, 0.717) is 28.5 Å². The zero-order valence-corrected chi connectivity index (χ0v) is 18.7. The predicted molar refractivity (Wildman–Crippen MR) is 124 cm³/mol. The molecule has 0 bridgehead atoms. The number of halogens is 1. The number of aromatic nitrogens is 2. The Bertz CT molecular complexity index is 1220. The van der Waals surface area contributed by atoms with Crippen molar-refractivity contribution in [3.05, 3.63) is 92.3 Å². The summed E-state index contributed by atoms with van der Waals surface area (Å²) in [5, 5.41) is 18.3. The average Bonchev–Trinajstić information content (AvgIpc) is 3.05. The number of nitro groups is 1. The molecule has 3 rings (SSSR count). The van der Waals surface area contributed by atoms with Crippen LogP contribution in [-0.2, 0) is 20.9 Å². The largest absolute Gasteiger partial charge is 0.452 e. The van der Waals surface area contributed by atoms with Gasteiger partial charge in [0.15, 0.2) is 6.61 Å². The molecule has 0 aliphatic carbocycles. The smallest absolute Gasteiger partial charge is 0.331 e. The molecule has 0 saturated carbocycles. The Morgan fingerprint density at radius 3 is 2.61 bits per heavy atom. The van der Waals surface area contributed by atoms with Crippen LogP contribution < -0.4 is 5.32 Å². The zero-order valence-electron chi connectivity index (χ0n) is 17.9. The molecular formula is C23H21ClN4O5. The number of benzene rings is 2. The van der Waals surface area contributed by atoms with E-state index in [-0.39, 0.29) is 11.4 Å². The number of hydrogen-bond donors (Lipinski definition) is 1. The van der Waals surface area contributed by atoms with E-state index in [0.717, 1.165) is 11.6 Å². The summed E-state index contributed by atoms with van der Waals surface area (Å²) in [5.41, 5.74) is 2.55. The first-order chi connectivity index (χ1) is 15.8. The number of amides is 1. The van der Waals surface area contributed by atoms with Gasteiger partial charge >= 0.3 is 5.97 Å². The summed E-state index contributed by atoms with van der Waals surface area (Å²) in [6.45, 7) is 3.26. The van der Waals surface area contributed by atoms with E-state index < -0.39 is 23.4 Å². The topological polar surface area (TPSA) is 116 Å². The molecule has 0 radical (unpaired) electrons. The van der Waals surface area contributed by atoms with Gasteiger partial charge in [-0.25, -0.2) is 9.48 Å². The van der Waals surface area contributed by atoms with Crippen LogP contribution in [0.3, 0.4) is 0 Å². The van der Waals surface area contributed by atoms with E-state index in [9.17, 15) is 19.7 Å². The van der Waals surface area contributed by atoms with Crippen LogP contribution in [0.4, 0.5) is 11.4 Å². The highest BCUT2D eigenvalue weighted by Crippen LogP contribution is 2.27. The fraction of sp³-hybridized carbons (Fsp3) is 0.174. The van der Waals surface area contributed by atoms with E-state index in [1.807, 2.05) is 30.3 Å². The minimum absolute atomic E-state index is 0.0623. The van der Waals surface area contributed by atoms with Gasteiger partial charge in [-0.05, 0) is 31.1 Å². The molecule has 2 aromatic carbocycles. The van der Waals surface area contributed by atoms with Crippen molar-refractivity contribution in [1.82, 2.24) is 9.78 Å². The number of nitrogens with one attached hydrogen (secondary N) is 1. The maximum absolute atomic E-state index is 12.1. The van der Waals surface area contributed by atoms with Crippen LogP contribution in [0.2, 0.25) is 5.15 Å². The Labute approximate surface area is 194 Å². The highest BCUT2D eigenvalue weighted by atomic mass is 35.5. The number of rotatable bonds is 8. The molecule has 0 aliphatic heterocycles. The van der Waals surface area contributed by atoms with Crippen molar-refractivity contribution in [2.45, 2.75) is 20.4 Å². The molecule has 1 amide bonds. The second-order valence-electron chi connectivity index (χ2n) is 7.15. The lowest BCUT2D eigenvalue weighted by Crippen LogP contribution is -2.21. The average molecular weight is 469 g/mol. The van der Waals surface area contributed by atoms with Crippen LogP contribution >= 0.6 is 11.6 Å². The first kappa shape index (κ1) is 23.7. The number of nitro benzene ring substituents is 1. The summed E-state index contributed by atoms with van der Waals surface area (Å²) in [4.78, 5) is 34.7. The van der Waals surface area contributed by atoms with Gasteiger partial charge in [0.2, 0.25) is 0 Å². The lowest BCUT2D eigenvalue weighted by Gasteiger charge is -2.08. The van der Waals surface area contributed by atoms with Crippen LogP contribution in [0.1, 0.15) is 22.4 Å². The van der Waals surface area contributed by atoms with Crippen LogP contribution in [0.15, 0.2) is 54.6 Å².